The monoisotopic (exact) mass is 522 g/mol. The molecule has 38 heavy (non-hydrogen) atoms. The van der Waals surface area contributed by atoms with E-state index >= 15 is 13.2 Å². The SMILES string of the molecule is CC[C@@H](c1cccc(OCc2cc(F)c(-c3cc(OC)ccc3F)c([C@H]3CCCC3(C)C)c2)c1F)C1CC1. The molecule has 5 rings (SSSR count). The quantitative estimate of drug-likeness (QED) is 0.279. The fourth-order valence-electron chi connectivity index (χ4n) is 6.45. The molecule has 3 aromatic rings. The van der Waals surface area contributed by atoms with Crippen molar-refractivity contribution in [3.05, 3.63) is 82.7 Å². The summed E-state index contributed by atoms with van der Waals surface area (Å²) < 4.78 is 57.7. The molecular formula is C33H37F3O2. The van der Waals surface area contributed by atoms with Crippen molar-refractivity contribution < 1.29 is 22.6 Å². The molecule has 0 bridgehead atoms. The Morgan fingerprint density at radius 2 is 1.76 bits per heavy atom. The van der Waals surface area contributed by atoms with E-state index in [1.54, 1.807) is 12.1 Å². The lowest BCUT2D eigenvalue weighted by Gasteiger charge is -2.30. The normalized spacial score (nSPS) is 19.4. The first kappa shape index (κ1) is 26.6. The summed E-state index contributed by atoms with van der Waals surface area (Å²) >= 11 is 0. The highest BCUT2D eigenvalue weighted by Crippen LogP contribution is 2.52. The molecule has 0 N–H and O–H groups in total. The van der Waals surface area contributed by atoms with Gasteiger partial charge < -0.3 is 9.47 Å². The molecular weight excluding hydrogens is 485 g/mol. The first-order chi connectivity index (χ1) is 18.2. The molecule has 0 amide bonds. The second-order valence-electron chi connectivity index (χ2n) is 11.6. The van der Waals surface area contributed by atoms with E-state index in [1.165, 1.54) is 25.3 Å². The van der Waals surface area contributed by atoms with Crippen molar-refractivity contribution in [3.8, 4) is 22.6 Å². The first-order valence-corrected chi connectivity index (χ1v) is 13.8. The Morgan fingerprint density at radius 1 is 0.974 bits per heavy atom. The van der Waals surface area contributed by atoms with E-state index in [9.17, 15) is 0 Å². The number of methoxy groups -OCH3 is 1. The van der Waals surface area contributed by atoms with E-state index in [4.69, 9.17) is 9.47 Å². The van der Waals surface area contributed by atoms with Crippen molar-refractivity contribution in [2.75, 3.05) is 7.11 Å². The van der Waals surface area contributed by atoms with Crippen LogP contribution >= 0.6 is 0 Å². The molecule has 3 aromatic carbocycles. The minimum atomic E-state index is -0.509. The van der Waals surface area contributed by atoms with Gasteiger partial charge in [0, 0.05) is 11.1 Å². The average molecular weight is 523 g/mol. The zero-order chi connectivity index (χ0) is 27.0. The van der Waals surface area contributed by atoms with Crippen molar-refractivity contribution in [2.24, 2.45) is 11.3 Å². The molecule has 0 spiro atoms. The Bertz CT molecular complexity index is 1310. The summed E-state index contributed by atoms with van der Waals surface area (Å²) in [5.41, 5.74) is 2.48. The number of benzene rings is 3. The van der Waals surface area contributed by atoms with Gasteiger partial charge >= 0.3 is 0 Å². The summed E-state index contributed by atoms with van der Waals surface area (Å²) in [7, 11) is 1.51. The fraction of sp³-hybridized carbons (Fsp3) is 0.455. The molecule has 2 aliphatic rings. The molecule has 0 heterocycles. The second-order valence-corrected chi connectivity index (χ2v) is 11.6. The summed E-state index contributed by atoms with van der Waals surface area (Å²) in [4.78, 5) is 0. The van der Waals surface area contributed by atoms with Crippen LogP contribution in [0, 0.1) is 28.8 Å². The fourth-order valence-corrected chi connectivity index (χ4v) is 6.45. The summed E-state index contributed by atoms with van der Waals surface area (Å²) in [5.74, 6) is 0.130. The van der Waals surface area contributed by atoms with Crippen LogP contribution < -0.4 is 9.47 Å². The number of halogens is 3. The Labute approximate surface area is 224 Å². The van der Waals surface area contributed by atoms with Gasteiger partial charge in [-0.05, 0) is 102 Å². The van der Waals surface area contributed by atoms with Gasteiger partial charge in [0.05, 0.1) is 7.11 Å². The predicted molar refractivity (Wildman–Crippen MR) is 145 cm³/mol. The molecule has 2 fully saturated rings. The van der Waals surface area contributed by atoms with Gasteiger partial charge in [-0.1, -0.05) is 45.4 Å². The maximum atomic E-state index is 15.9. The van der Waals surface area contributed by atoms with E-state index in [1.807, 2.05) is 18.2 Å². The molecule has 0 aliphatic heterocycles. The molecule has 0 aromatic heterocycles. The van der Waals surface area contributed by atoms with Crippen LogP contribution in [0.5, 0.6) is 11.5 Å². The first-order valence-electron chi connectivity index (χ1n) is 13.8. The number of hydrogen-bond acceptors (Lipinski definition) is 2. The Morgan fingerprint density at radius 3 is 2.42 bits per heavy atom. The lowest BCUT2D eigenvalue weighted by atomic mass is 9.75. The smallest absolute Gasteiger partial charge is 0.168 e. The number of hydrogen-bond donors (Lipinski definition) is 0. The van der Waals surface area contributed by atoms with Crippen molar-refractivity contribution in [1.82, 2.24) is 0 Å². The molecule has 0 unspecified atom stereocenters. The van der Waals surface area contributed by atoms with E-state index < -0.39 is 11.6 Å². The van der Waals surface area contributed by atoms with Gasteiger partial charge in [0.15, 0.2) is 11.6 Å². The van der Waals surface area contributed by atoms with Crippen LogP contribution in [-0.2, 0) is 6.61 Å². The van der Waals surface area contributed by atoms with Gasteiger partial charge in [0.2, 0.25) is 0 Å². The highest BCUT2D eigenvalue weighted by molar-refractivity contribution is 5.71. The topological polar surface area (TPSA) is 18.5 Å². The molecule has 0 saturated heterocycles. The van der Waals surface area contributed by atoms with Crippen molar-refractivity contribution in [3.63, 3.8) is 0 Å². The van der Waals surface area contributed by atoms with Gasteiger partial charge in [-0.15, -0.1) is 0 Å². The van der Waals surface area contributed by atoms with Crippen molar-refractivity contribution in [2.45, 2.75) is 77.7 Å². The van der Waals surface area contributed by atoms with Crippen LogP contribution in [-0.4, -0.2) is 7.11 Å². The highest BCUT2D eigenvalue weighted by atomic mass is 19.1. The van der Waals surface area contributed by atoms with E-state index in [0.29, 0.717) is 22.8 Å². The minimum Gasteiger partial charge on any atom is -0.497 e. The zero-order valence-corrected chi connectivity index (χ0v) is 22.8. The van der Waals surface area contributed by atoms with Crippen LogP contribution in [0.1, 0.15) is 87.8 Å². The molecule has 5 heteroatoms. The Kier molecular flexibility index (Phi) is 7.48. The van der Waals surface area contributed by atoms with Crippen LogP contribution in [0.3, 0.4) is 0 Å². The standard InChI is InChI=1S/C33H37F3O2/c1-5-23(21-11-12-21)24-8-6-10-30(32(24)36)38-19-20-16-25(27-9-7-15-33(27,2)3)31(29(35)17-20)26-18-22(37-4)13-14-28(26)34/h6,8,10,13-14,16-18,21,23,27H,5,7,9,11-12,15,19H2,1-4H3/t23-,27-/m1/s1. The van der Waals surface area contributed by atoms with Gasteiger partial charge in [0.1, 0.15) is 24.0 Å². The zero-order valence-electron chi connectivity index (χ0n) is 22.8. The average Bonchev–Trinajstić information content (AvgIpc) is 3.66. The van der Waals surface area contributed by atoms with Gasteiger partial charge in [-0.3, -0.25) is 0 Å². The van der Waals surface area contributed by atoms with Gasteiger partial charge in [-0.25, -0.2) is 13.2 Å². The minimum absolute atomic E-state index is 0.0263. The molecule has 2 nitrogen and oxygen atoms in total. The van der Waals surface area contributed by atoms with Crippen LogP contribution in [0.15, 0.2) is 48.5 Å². The predicted octanol–water partition coefficient (Wildman–Crippen LogP) is 9.56. The second kappa shape index (κ2) is 10.7. The van der Waals surface area contributed by atoms with Crippen LogP contribution in [0.25, 0.3) is 11.1 Å². The molecule has 0 radical (unpaired) electrons. The lowest BCUT2D eigenvalue weighted by molar-refractivity contribution is 0.286. The molecule has 2 atom stereocenters. The summed E-state index contributed by atoms with van der Waals surface area (Å²) in [6.45, 7) is 6.49. The van der Waals surface area contributed by atoms with Crippen LogP contribution in [0.2, 0.25) is 0 Å². The van der Waals surface area contributed by atoms with E-state index in [0.717, 1.165) is 44.1 Å². The van der Waals surface area contributed by atoms with Gasteiger partial charge in [0.25, 0.3) is 0 Å². The summed E-state index contributed by atoms with van der Waals surface area (Å²) in [6, 6.07) is 13.0. The maximum absolute atomic E-state index is 15.9. The number of ether oxygens (including phenoxy) is 2. The molecule has 202 valence electrons. The third-order valence-corrected chi connectivity index (χ3v) is 8.67. The van der Waals surface area contributed by atoms with Crippen LogP contribution in [0.4, 0.5) is 13.2 Å². The van der Waals surface area contributed by atoms with Crippen molar-refractivity contribution in [1.29, 1.82) is 0 Å². The maximum Gasteiger partial charge on any atom is 0.168 e. The highest BCUT2D eigenvalue weighted by Gasteiger charge is 2.38. The Hall–Kier alpha value is -2.95. The largest absolute Gasteiger partial charge is 0.497 e. The van der Waals surface area contributed by atoms with E-state index in [-0.39, 0.29) is 46.6 Å². The summed E-state index contributed by atoms with van der Waals surface area (Å²) in [5, 5.41) is 0. The summed E-state index contributed by atoms with van der Waals surface area (Å²) in [6.07, 6.45) is 6.10. The third kappa shape index (κ3) is 5.17. The number of rotatable bonds is 9. The Balaban J connectivity index is 1.51. The molecule has 2 aliphatic carbocycles. The molecule has 2 saturated carbocycles. The third-order valence-electron chi connectivity index (χ3n) is 8.67. The van der Waals surface area contributed by atoms with Gasteiger partial charge in [-0.2, -0.15) is 0 Å². The van der Waals surface area contributed by atoms with Crippen molar-refractivity contribution >= 4 is 0 Å². The van der Waals surface area contributed by atoms with E-state index in [2.05, 4.69) is 20.8 Å². The lowest BCUT2D eigenvalue weighted by Crippen LogP contribution is -2.17.